The standard InChI is InChI=1S/C14H15FN2O2/c1-11(7-10-17-9-4-8-16-17)19-14(18)12-5-2-3-6-13(12)15/h2-6,8-9,11H,7,10H2,1H3. The second-order valence-electron chi connectivity index (χ2n) is 4.25. The Morgan fingerprint density at radius 2 is 2.21 bits per heavy atom. The SMILES string of the molecule is CC(CCn1cccn1)OC(=O)c1ccccc1F. The Labute approximate surface area is 110 Å². The lowest BCUT2D eigenvalue weighted by Gasteiger charge is -2.13. The van der Waals surface area contributed by atoms with E-state index in [0.717, 1.165) is 0 Å². The van der Waals surface area contributed by atoms with Gasteiger partial charge in [-0.05, 0) is 25.1 Å². The Morgan fingerprint density at radius 1 is 1.42 bits per heavy atom. The van der Waals surface area contributed by atoms with Crippen LogP contribution in [0.3, 0.4) is 0 Å². The van der Waals surface area contributed by atoms with Crippen LogP contribution in [0.15, 0.2) is 42.7 Å². The molecule has 0 aliphatic heterocycles. The number of halogens is 1. The molecule has 2 aromatic rings. The number of aromatic nitrogens is 2. The van der Waals surface area contributed by atoms with Crippen LogP contribution < -0.4 is 0 Å². The fraction of sp³-hybridized carbons (Fsp3) is 0.286. The van der Waals surface area contributed by atoms with Gasteiger partial charge in [0.1, 0.15) is 11.9 Å². The molecule has 0 aliphatic carbocycles. The molecule has 0 radical (unpaired) electrons. The Morgan fingerprint density at radius 3 is 2.89 bits per heavy atom. The first-order chi connectivity index (χ1) is 9.16. The quantitative estimate of drug-likeness (QED) is 0.778. The number of hydrogen-bond acceptors (Lipinski definition) is 3. The number of carbonyl (C=O) groups excluding carboxylic acids is 1. The summed E-state index contributed by atoms with van der Waals surface area (Å²) in [6.07, 6.45) is 3.86. The smallest absolute Gasteiger partial charge is 0.341 e. The highest BCUT2D eigenvalue weighted by Gasteiger charge is 2.15. The second-order valence-corrected chi connectivity index (χ2v) is 4.25. The Hall–Kier alpha value is -2.17. The van der Waals surface area contributed by atoms with Crippen molar-refractivity contribution in [2.75, 3.05) is 0 Å². The van der Waals surface area contributed by atoms with Crippen molar-refractivity contribution in [2.24, 2.45) is 0 Å². The molecule has 1 heterocycles. The van der Waals surface area contributed by atoms with Gasteiger partial charge in [-0.1, -0.05) is 12.1 Å². The molecule has 0 spiro atoms. The topological polar surface area (TPSA) is 44.1 Å². The molecule has 0 aliphatic rings. The van der Waals surface area contributed by atoms with Crippen LogP contribution >= 0.6 is 0 Å². The average Bonchev–Trinajstić information content (AvgIpc) is 2.90. The molecule has 0 saturated carbocycles. The number of hydrogen-bond donors (Lipinski definition) is 0. The second kappa shape index (κ2) is 6.13. The fourth-order valence-corrected chi connectivity index (χ4v) is 1.68. The summed E-state index contributed by atoms with van der Waals surface area (Å²) in [7, 11) is 0. The number of nitrogens with zero attached hydrogens (tertiary/aromatic N) is 2. The molecule has 1 aromatic carbocycles. The zero-order valence-corrected chi connectivity index (χ0v) is 10.6. The monoisotopic (exact) mass is 262 g/mol. The van der Waals surface area contributed by atoms with Crippen LogP contribution in [0, 0.1) is 5.82 Å². The maximum absolute atomic E-state index is 13.4. The first-order valence-electron chi connectivity index (χ1n) is 6.10. The number of esters is 1. The van der Waals surface area contributed by atoms with E-state index in [4.69, 9.17) is 4.74 Å². The van der Waals surface area contributed by atoms with Gasteiger partial charge >= 0.3 is 5.97 Å². The predicted octanol–water partition coefficient (Wildman–Crippen LogP) is 2.66. The maximum Gasteiger partial charge on any atom is 0.341 e. The van der Waals surface area contributed by atoms with Crippen molar-refractivity contribution in [1.29, 1.82) is 0 Å². The minimum Gasteiger partial charge on any atom is -0.459 e. The van der Waals surface area contributed by atoms with E-state index in [1.807, 2.05) is 12.3 Å². The molecule has 0 fully saturated rings. The number of aryl methyl sites for hydroxylation is 1. The van der Waals surface area contributed by atoms with Crippen LogP contribution in [0.4, 0.5) is 4.39 Å². The Kier molecular flexibility index (Phi) is 4.28. The zero-order valence-electron chi connectivity index (χ0n) is 10.6. The lowest BCUT2D eigenvalue weighted by atomic mass is 10.2. The number of benzene rings is 1. The molecule has 0 bridgehead atoms. The van der Waals surface area contributed by atoms with Crippen LogP contribution in [-0.4, -0.2) is 21.9 Å². The molecule has 1 unspecified atom stereocenters. The van der Waals surface area contributed by atoms with Crippen molar-refractivity contribution in [3.05, 3.63) is 54.1 Å². The molecule has 4 nitrogen and oxygen atoms in total. The van der Waals surface area contributed by atoms with Gasteiger partial charge in [0.2, 0.25) is 0 Å². The third kappa shape index (κ3) is 3.64. The van der Waals surface area contributed by atoms with E-state index in [9.17, 15) is 9.18 Å². The first kappa shape index (κ1) is 13.3. The normalized spacial score (nSPS) is 12.1. The summed E-state index contributed by atoms with van der Waals surface area (Å²) in [4.78, 5) is 11.8. The lowest BCUT2D eigenvalue weighted by molar-refractivity contribution is 0.0308. The highest BCUT2D eigenvalue weighted by molar-refractivity contribution is 5.89. The van der Waals surface area contributed by atoms with Gasteiger partial charge in [0.05, 0.1) is 5.56 Å². The fourth-order valence-electron chi connectivity index (χ4n) is 1.68. The zero-order chi connectivity index (χ0) is 13.7. The largest absolute Gasteiger partial charge is 0.459 e. The van der Waals surface area contributed by atoms with Gasteiger partial charge in [-0.15, -0.1) is 0 Å². The highest BCUT2D eigenvalue weighted by atomic mass is 19.1. The van der Waals surface area contributed by atoms with Gasteiger partial charge in [-0.2, -0.15) is 5.10 Å². The Bertz CT molecular complexity index is 540. The minimum atomic E-state index is -0.633. The highest BCUT2D eigenvalue weighted by Crippen LogP contribution is 2.10. The van der Waals surface area contributed by atoms with Crippen LogP contribution in [0.1, 0.15) is 23.7 Å². The van der Waals surface area contributed by atoms with Crippen LogP contribution in [-0.2, 0) is 11.3 Å². The van der Waals surface area contributed by atoms with Gasteiger partial charge in [-0.3, -0.25) is 4.68 Å². The number of ether oxygens (including phenoxy) is 1. The summed E-state index contributed by atoms with van der Waals surface area (Å²) in [6.45, 7) is 2.43. The summed E-state index contributed by atoms with van der Waals surface area (Å²) in [5.74, 6) is -1.20. The van der Waals surface area contributed by atoms with Gasteiger partial charge < -0.3 is 4.74 Å². The molecule has 1 aromatic heterocycles. The molecule has 1 atom stereocenters. The van der Waals surface area contributed by atoms with Gasteiger partial charge in [0.15, 0.2) is 0 Å². The molecular weight excluding hydrogens is 247 g/mol. The van der Waals surface area contributed by atoms with E-state index in [0.29, 0.717) is 13.0 Å². The number of carbonyl (C=O) groups is 1. The molecule has 0 N–H and O–H groups in total. The maximum atomic E-state index is 13.4. The van der Waals surface area contributed by atoms with Crippen molar-refractivity contribution < 1.29 is 13.9 Å². The molecule has 19 heavy (non-hydrogen) atoms. The third-order valence-electron chi connectivity index (χ3n) is 2.73. The van der Waals surface area contributed by atoms with Crippen molar-refractivity contribution >= 4 is 5.97 Å². The van der Waals surface area contributed by atoms with Crippen LogP contribution in [0.5, 0.6) is 0 Å². The lowest BCUT2D eigenvalue weighted by Crippen LogP contribution is -2.18. The van der Waals surface area contributed by atoms with Gasteiger partial charge in [0, 0.05) is 25.4 Å². The van der Waals surface area contributed by atoms with Crippen molar-refractivity contribution in [2.45, 2.75) is 26.0 Å². The van der Waals surface area contributed by atoms with E-state index in [-0.39, 0.29) is 11.7 Å². The first-order valence-corrected chi connectivity index (χ1v) is 6.10. The van der Waals surface area contributed by atoms with E-state index >= 15 is 0 Å². The summed E-state index contributed by atoms with van der Waals surface area (Å²) < 4.78 is 20.3. The molecule has 2 rings (SSSR count). The van der Waals surface area contributed by atoms with Gasteiger partial charge in [0.25, 0.3) is 0 Å². The summed E-state index contributed by atoms with van der Waals surface area (Å²) in [6, 6.07) is 7.63. The average molecular weight is 262 g/mol. The van der Waals surface area contributed by atoms with E-state index < -0.39 is 11.8 Å². The predicted molar refractivity (Wildman–Crippen MR) is 68.1 cm³/mol. The van der Waals surface area contributed by atoms with Crippen LogP contribution in [0.2, 0.25) is 0 Å². The number of rotatable bonds is 5. The molecule has 0 saturated heterocycles. The molecular formula is C14H15FN2O2. The third-order valence-corrected chi connectivity index (χ3v) is 2.73. The van der Waals surface area contributed by atoms with Crippen molar-refractivity contribution in [3.63, 3.8) is 0 Å². The molecule has 0 amide bonds. The summed E-state index contributed by atoms with van der Waals surface area (Å²) in [5, 5.41) is 4.06. The summed E-state index contributed by atoms with van der Waals surface area (Å²) >= 11 is 0. The van der Waals surface area contributed by atoms with Gasteiger partial charge in [-0.25, -0.2) is 9.18 Å². The molecule has 5 heteroatoms. The van der Waals surface area contributed by atoms with E-state index in [1.165, 1.54) is 18.2 Å². The van der Waals surface area contributed by atoms with Crippen molar-refractivity contribution in [1.82, 2.24) is 9.78 Å². The van der Waals surface area contributed by atoms with Crippen molar-refractivity contribution in [3.8, 4) is 0 Å². The molecule has 100 valence electrons. The van der Waals surface area contributed by atoms with Crippen LogP contribution in [0.25, 0.3) is 0 Å². The minimum absolute atomic E-state index is 0.0339. The summed E-state index contributed by atoms with van der Waals surface area (Å²) in [5.41, 5.74) is -0.0339. The van der Waals surface area contributed by atoms with E-state index in [2.05, 4.69) is 5.10 Å². The van der Waals surface area contributed by atoms with E-state index in [1.54, 1.807) is 23.9 Å². The Balaban J connectivity index is 1.87.